The summed E-state index contributed by atoms with van der Waals surface area (Å²) in [6.45, 7) is 1.47. The van der Waals surface area contributed by atoms with Gasteiger partial charge in [0.2, 0.25) is 5.91 Å². The molecule has 0 bridgehead atoms. The largest absolute Gasteiger partial charge is 0.376 e. The summed E-state index contributed by atoms with van der Waals surface area (Å²) in [6, 6.07) is 12.0. The minimum atomic E-state index is -0.249. The Hall–Kier alpha value is -2.63. The molecule has 6 heteroatoms. The Balaban J connectivity index is 1.63. The fourth-order valence-electron chi connectivity index (χ4n) is 3.42. The Morgan fingerprint density at radius 1 is 1.19 bits per heavy atom. The summed E-state index contributed by atoms with van der Waals surface area (Å²) in [5.41, 5.74) is 1.83. The molecule has 0 radical (unpaired) electrons. The molecular weight excluding hydrogens is 328 g/mol. The number of amides is 1. The first-order valence-corrected chi connectivity index (χ1v) is 9.12. The van der Waals surface area contributed by atoms with Gasteiger partial charge in [0.15, 0.2) is 0 Å². The maximum Gasteiger partial charge on any atom is 0.269 e. The summed E-state index contributed by atoms with van der Waals surface area (Å²) in [7, 11) is 3.71. The fraction of sp³-hybridized carbons (Fsp3) is 0.450. The predicted molar refractivity (Wildman–Crippen MR) is 102 cm³/mol. The molecule has 1 fully saturated rings. The highest BCUT2D eigenvalue weighted by molar-refractivity contribution is 5.76. The molecule has 0 saturated carbocycles. The van der Waals surface area contributed by atoms with E-state index >= 15 is 0 Å². The van der Waals surface area contributed by atoms with Gasteiger partial charge in [-0.05, 0) is 30.7 Å². The molecule has 1 aliphatic heterocycles. The molecule has 26 heavy (non-hydrogen) atoms. The zero-order valence-electron chi connectivity index (χ0n) is 15.5. The van der Waals surface area contributed by atoms with E-state index < -0.39 is 0 Å². The lowest BCUT2D eigenvalue weighted by molar-refractivity contribution is -0.132. The van der Waals surface area contributed by atoms with E-state index in [9.17, 15) is 9.59 Å². The lowest BCUT2D eigenvalue weighted by Crippen LogP contribution is -2.38. The second kappa shape index (κ2) is 8.17. The van der Waals surface area contributed by atoms with Gasteiger partial charge in [-0.25, -0.2) is 4.68 Å². The van der Waals surface area contributed by atoms with Crippen molar-refractivity contribution in [2.45, 2.75) is 31.7 Å². The van der Waals surface area contributed by atoms with Crippen molar-refractivity contribution in [3.8, 4) is 0 Å². The molecule has 3 rings (SSSR count). The third kappa shape index (κ3) is 4.31. The third-order valence-electron chi connectivity index (χ3n) is 5.01. The van der Waals surface area contributed by atoms with E-state index in [-0.39, 0.29) is 18.0 Å². The summed E-state index contributed by atoms with van der Waals surface area (Å²) in [5.74, 6) is 0.458. The molecule has 1 saturated heterocycles. The molecule has 2 heterocycles. The molecule has 1 aliphatic rings. The van der Waals surface area contributed by atoms with Gasteiger partial charge in [-0.1, -0.05) is 30.3 Å². The van der Waals surface area contributed by atoms with Crippen LogP contribution in [0.25, 0.3) is 0 Å². The predicted octanol–water partition coefficient (Wildman–Crippen LogP) is 2.11. The number of likely N-dealkylation sites (tertiary alicyclic amines) is 1. The normalized spacial score (nSPS) is 17.6. The lowest BCUT2D eigenvalue weighted by Gasteiger charge is -2.21. The quantitative estimate of drug-likeness (QED) is 0.844. The van der Waals surface area contributed by atoms with Gasteiger partial charge in [0.25, 0.3) is 5.56 Å². The van der Waals surface area contributed by atoms with Crippen LogP contribution in [0.2, 0.25) is 0 Å². The molecule has 2 aromatic rings. The summed E-state index contributed by atoms with van der Waals surface area (Å²) < 4.78 is 1.24. The molecule has 1 atom stereocenters. The topological polar surface area (TPSA) is 58.4 Å². The number of rotatable bonds is 4. The average Bonchev–Trinajstić information content (AvgIpc) is 2.90. The molecular formula is C20H26N4O2. The van der Waals surface area contributed by atoms with Crippen molar-refractivity contribution in [2.75, 3.05) is 32.1 Å². The van der Waals surface area contributed by atoms with Gasteiger partial charge in [-0.2, -0.15) is 5.10 Å². The average molecular weight is 354 g/mol. The first-order chi connectivity index (χ1) is 12.5. The highest BCUT2D eigenvalue weighted by Gasteiger charge is 2.22. The Morgan fingerprint density at radius 3 is 2.65 bits per heavy atom. The SMILES string of the molecule is CN(C)c1cnn(CC(=O)N2CCCC(c3ccccc3)CC2)c(=O)c1. The van der Waals surface area contributed by atoms with Gasteiger partial charge in [-0.15, -0.1) is 0 Å². The fourth-order valence-corrected chi connectivity index (χ4v) is 3.42. The maximum atomic E-state index is 12.7. The summed E-state index contributed by atoms with van der Waals surface area (Å²) in [5, 5.41) is 4.14. The van der Waals surface area contributed by atoms with Crippen molar-refractivity contribution in [3.05, 3.63) is 58.5 Å². The number of aromatic nitrogens is 2. The summed E-state index contributed by atoms with van der Waals surface area (Å²) in [6.07, 6.45) is 4.64. The minimum Gasteiger partial charge on any atom is -0.376 e. The summed E-state index contributed by atoms with van der Waals surface area (Å²) in [4.78, 5) is 28.5. The van der Waals surface area contributed by atoms with Gasteiger partial charge in [0.05, 0.1) is 11.9 Å². The van der Waals surface area contributed by atoms with Gasteiger partial charge in [0, 0.05) is 33.3 Å². The van der Waals surface area contributed by atoms with Crippen molar-refractivity contribution >= 4 is 11.6 Å². The van der Waals surface area contributed by atoms with E-state index in [0.29, 0.717) is 5.92 Å². The number of benzene rings is 1. The maximum absolute atomic E-state index is 12.7. The van der Waals surface area contributed by atoms with Crippen LogP contribution in [0, 0.1) is 0 Å². The molecule has 1 amide bonds. The highest BCUT2D eigenvalue weighted by Crippen LogP contribution is 2.27. The van der Waals surface area contributed by atoms with Crippen LogP contribution in [-0.2, 0) is 11.3 Å². The number of nitrogens with zero attached hydrogens (tertiary/aromatic N) is 4. The van der Waals surface area contributed by atoms with Crippen molar-refractivity contribution in [3.63, 3.8) is 0 Å². The number of hydrogen-bond donors (Lipinski definition) is 0. The van der Waals surface area contributed by atoms with Crippen molar-refractivity contribution in [1.29, 1.82) is 0 Å². The smallest absolute Gasteiger partial charge is 0.269 e. The highest BCUT2D eigenvalue weighted by atomic mass is 16.2. The van der Waals surface area contributed by atoms with Crippen LogP contribution >= 0.6 is 0 Å². The van der Waals surface area contributed by atoms with E-state index in [4.69, 9.17) is 0 Å². The number of carbonyl (C=O) groups is 1. The second-order valence-corrected chi connectivity index (χ2v) is 7.02. The van der Waals surface area contributed by atoms with Crippen LogP contribution in [-0.4, -0.2) is 47.8 Å². The third-order valence-corrected chi connectivity index (χ3v) is 5.01. The van der Waals surface area contributed by atoms with E-state index in [2.05, 4.69) is 29.4 Å². The monoisotopic (exact) mass is 354 g/mol. The van der Waals surface area contributed by atoms with Crippen molar-refractivity contribution in [1.82, 2.24) is 14.7 Å². The molecule has 0 aliphatic carbocycles. The van der Waals surface area contributed by atoms with Crippen LogP contribution in [0.1, 0.15) is 30.7 Å². The molecule has 0 spiro atoms. The van der Waals surface area contributed by atoms with Crippen molar-refractivity contribution < 1.29 is 4.79 Å². The van der Waals surface area contributed by atoms with Gasteiger partial charge < -0.3 is 9.80 Å². The lowest BCUT2D eigenvalue weighted by atomic mass is 9.92. The Kier molecular flexibility index (Phi) is 5.71. The summed E-state index contributed by atoms with van der Waals surface area (Å²) >= 11 is 0. The Bertz CT molecular complexity index is 801. The van der Waals surface area contributed by atoms with Crippen LogP contribution in [0.15, 0.2) is 47.4 Å². The molecule has 1 aromatic carbocycles. The van der Waals surface area contributed by atoms with Crippen molar-refractivity contribution in [2.24, 2.45) is 0 Å². The standard InChI is InChI=1S/C20H26N4O2/c1-22(2)18-13-19(25)24(21-14-18)15-20(26)23-11-6-9-17(10-12-23)16-7-4-3-5-8-16/h3-5,7-8,13-14,17H,6,9-12,15H2,1-2H3. The van der Waals surface area contributed by atoms with Crippen LogP contribution in [0.5, 0.6) is 0 Å². The molecule has 1 unspecified atom stereocenters. The molecule has 6 nitrogen and oxygen atoms in total. The first kappa shape index (κ1) is 18.2. The van der Waals surface area contributed by atoms with E-state index in [1.165, 1.54) is 16.3 Å². The van der Waals surface area contributed by atoms with Crippen LogP contribution < -0.4 is 10.5 Å². The molecule has 1 aromatic heterocycles. The molecule has 138 valence electrons. The zero-order chi connectivity index (χ0) is 18.5. The van der Waals surface area contributed by atoms with E-state index in [0.717, 1.165) is 38.0 Å². The van der Waals surface area contributed by atoms with E-state index in [1.807, 2.05) is 30.0 Å². The number of hydrogen-bond acceptors (Lipinski definition) is 4. The van der Waals surface area contributed by atoms with Gasteiger partial charge in [-0.3, -0.25) is 9.59 Å². The Morgan fingerprint density at radius 2 is 1.96 bits per heavy atom. The number of carbonyl (C=O) groups excluding carboxylic acids is 1. The van der Waals surface area contributed by atoms with Crippen LogP contribution in [0.4, 0.5) is 5.69 Å². The van der Waals surface area contributed by atoms with Gasteiger partial charge >= 0.3 is 0 Å². The van der Waals surface area contributed by atoms with Gasteiger partial charge in [0.1, 0.15) is 6.54 Å². The number of anilines is 1. The first-order valence-electron chi connectivity index (χ1n) is 9.12. The van der Waals surface area contributed by atoms with Crippen LogP contribution in [0.3, 0.4) is 0 Å². The second-order valence-electron chi connectivity index (χ2n) is 7.02. The molecule has 0 N–H and O–H groups in total. The minimum absolute atomic E-state index is 0.00253. The Labute approximate surface area is 154 Å². The zero-order valence-corrected chi connectivity index (χ0v) is 15.5. The van der Waals surface area contributed by atoms with E-state index in [1.54, 1.807) is 6.20 Å².